The topological polar surface area (TPSA) is 46.5 Å². The lowest BCUT2D eigenvalue weighted by atomic mass is 10.3. The van der Waals surface area contributed by atoms with Gasteiger partial charge in [-0.25, -0.2) is 0 Å². The summed E-state index contributed by atoms with van der Waals surface area (Å²) in [6.45, 7) is 1.47. The van der Waals surface area contributed by atoms with Gasteiger partial charge in [-0.1, -0.05) is 21.1 Å². The zero-order chi connectivity index (χ0) is 6.57. The Morgan fingerprint density at radius 2 is 2.38 bits per heavy atom. The van der Waals surface area contributed by atoms with Crippen molar-refractivity contribution in [2.45, 2.75) is 13.0 Å². The Hall–Kier alpha value is -0.250. The average molecular weight is 180 g/mol. The minimum Gasteiger partial charge on any atom is -0.296 e. The second-order valence-electron chi connectivity index (χ2n) is 1.38. The van der Waals surface area contributed by atoms with Crippen LogP contribution < -0.4 is 0 Å². The molecule has 4 heteroatoms. The summed E-state index contributed by atoms with van der Waals surface area (Å²) in [4.78, 5) is 20.0. The lowest BCUT2D eigenvalue weighted by Gasteiger charge is -1.92. The van der Waals surface area contributed by atoms with E-state index in [9.17, 15) is 9.70 Å². The number of nitroso groups, excluding NO2 is 1. The van der Waals surface area contributed by atoms with E-state index in [0.717, 1.165) is 0 Å². The highest BCUT2D eigenvalue weighted by Crippen LogP contribution is 1.93. The monoisotopic (exact) mass is 179 g/mol. The number of carbonyl (C=O) groups is 1. The summed E-state index contributed by atoms with van der Waals surface area (Å²) in [6.07, 6.45) is 0. The Morgan fingerprint density at radius 1 is 1.88 bits per heavy atom. The maximum atomic E-state index is 10.4. The van der Waals surface area contributed by atoms with Crippen LogP contribution in [0.15, 0.2) is 5.18 Å². The van der Waals surface area contributed by atoms with Crippen molar-refractivity contribution in [3.63, 3.8) is 0 Å². The molecule has 0 saturated carbocycles. The molecule has 0 heterocycles. The number of rotatable bonds is 3. The van der Waals surface area contributed by atoms with E-state index in [-0.39, 0.29) is 11.1 Å². The SMILES string of the molecule is CC(N=O)C(=O)CBr. The zero-order valence-corrected chi connectivity index (χ0v) is 6.01. The highest BCUT2D eigenvalue weighted by Gasteiger charge is 2.09. The molecule has 0 rings (SSSR count). The molecule has 0 aliphatic carbocycles. The van der Waals surface area contributed by atoms with E-state index in [4.69, 9.17) is 0 Å². The molecule has 1 atom stereocenters. The van der Waals surface area contributed by atoms with Gasteiger partial charge in [0, 0.05) is 0 Å². The van der Waals surface area contributed by atoms with Gasteiger partial charge in [0.25, 0.3) is 0 Å². The second kappa shape index (κ2) is 3.72. The molecule has 46 valence electrons. The first-order chi connectivity index (χ1) is 3.72. The van der Waals surface area contributed by atoms with Crippen molar-refractivity contribution in [2.24, 2.45) is 5.18 Å². The smallest absolute Gasteiger partial charge is 0.171 e. The number of alkyl halides is 1. The molecule has 0 amide bonds. The Bertz CT molecular complexity index is 104. The number of hydrogen-bond acceptors (Lipinski definition) is 3. The van der Waals surface area contributed by atoms with Crippen LogP contribution in [0.25, 0.3) is 0 Å². The van der Waals surface area contributed by atoms with Crippen LogP contribution in [-0.2, 0) is 4.79 Å². The first kappa shape index (κ1) is 7.75. The van der Waals surface area contributed by atoms with Gasteiger partial charge in [0.2, 0.25) is 0 Å². The summed E-state index contributed by atoms with van der Waals surface area (Å²) in [5, 5.41) is 2.74. The molecule has 8 heavy (non-hydrogen) atoms. The van der Waals surface area contributed by atoms with Crippen LogP contribution >= 0.6 is 15.9 Å². The lowest BCUT2D eigenvalue weighted by molar-refractivity contribution is -0.117. The molecule has 0 aromatic carbocycles. The summed E-state index contributed by atoms with van der Waals surface area (Å²) in [7, 11) is 0. The van der Waals surface area contributed by atoms with Gasteiger partial charge >= 0.3 is 0 Å². The number of hydrogen-bond donors (Lipinski definition) is 0. The molecule has 0 spiro atoms. The van der Waals surface area contributed by atoms with Gasteiger partial charge in [0.05, 0.1) is 5.33 Å². The van der Waals surface area contributed by atoms with Gasteiger partial charge in [-0.05, 0) is 6.92 Å². The van der Waals surface area contributed by atoms with E-state index < -0.39 is 6.04 Å². The lowest BCUT2D eigenvalue weighted by Crippen LogP contribution is -2.14. The summed E-state index contributed by atoms with van der Waals surface area (Å²) >= 11 is 2.91. The molecule has 1 unspecified atom stereocenters. The van der Waals surface area contributed by atoms with Gasteiger partial charge in [-0.15, -0.1) is 0 Å². The van der Waals surface area contributed by atoms with E-state index >= 15 is 0 Å². The van der Waals surface area contributed by atoms with Crippen molar-refractivity contribution < 1.29 is 4.79 Å². The quantitative estimate of drug-likeness (QED) is 0.482. The normalized spacial score (nSPS) is 12.8. The first-order valence-electron chi connectivity index (χ1n) is 2.13. The Balaban J connectivity index is 3.62. The standard InChI is InChI=1S/C4H6BrNO2/c1-3(6-8)4(7)2-5/h3H,2H2,1H3. The molecule has 0 aliphatic rings. The van der Waals surface area contributed by atoms with Crippen molar-refractivity contribution in [2.75, 3.05) is 5.33 Å². The zero-order valence-electron chi connectivity index (χ0n) is 4.43. The molecule has 0 saturated heterocycles. The van der Waals surface area contributed by atoms with Gasteiger partial charge in [0.15, 0.2) is 5.78 Å². The van der Waals surface area contributed by atoms with Gasteiger partial charge < -0.3 is 0 Å². The number of carbonyl (C=O) groups excluding carboxylic acids is 1. The molecule has 0 aromatic heterocycles. The minimum absolute atomic E-state index is 0.181. The second-order valence-corrected chi connectivity index (χ2v) is 1.94. The third kappa shape index (κ3) is 2.16. The van der Waals surface area contributed by atoms with Crippen LogP contribution in [-0.4, -0.2) is 17.2 Å². The molecule has 0 bridgehead atoms. The van der Waals surface area contributed by atoms with E-state index in [2.05, 4.69) is 21.1 Å². The molecule has 3 nitrogen and oxygen atoms in total. The molecule has 0 N–H and O–H groups in total. The number of ketones is 1. The minimum atomic E-state index is -0.700. The van der Waals surface area contributed by atoms with Crippen LogP contribution in [0.1, 0.15) is 6.92 Å². The van der Waals surface area contributed by atoms with E-state index in [1.54, 1.807) is 0 Å². The van der Waals surface area contributed by atoms with Crippen molar-refractivity contribution in [1.82, 2.24) is 0 Å². The van der Waals surface area contributed by atoms with Crippen LogP contribution in [0.5, 0.6) is 0 Å². The fourth-order valence-corrected chi connectivity index (χ4v) is 0.639. The van der Waals surface area contributed by atoms with Crippen LogP contribution in [0, 0.1) is 4.91 Å². The van der Waals surface area contributed by atoms with Crippen molar-refractivity contribution >= 4 is 21.7 Å². The molecular formula is C4H6BrNO2. The van der Waals surface area contributed by atoms with Crippen LogP contribution in [0.3, 0.4) is 0 Å². The molecule has 0 fully saturated rings. The largest absolute Gasteiger partial charge is 0.296 e. The Morgan fingerprint density at radius 3 is 2.50 bits per heavy atom. The van der Waals surface area contributed by atoms with Gasteiger partial charge in [-0.2, -0.15) is 4.91 Å². The third-order valence-electron chi connectivity index (χ3n) is 0.756. The molecule has 0 radical (unpaired) electrons. The Labute approximate surface area is 55.6 Å². The summed E-state index contributed by atoms with van der Waals surface area (Å²) in [5.74, 6) is -0.181. The summed E-state index contributed by atoms with van der Waals surface area (Å²) in [6, 6.07) is -0.700. The first-order valence-corrected chi connectivity index (χ1v) is 3.25. The predicted octanol–water partition coefficient (Wildman–Crippen LogP) is 1.11. The third-order valence-corrected chi connectivity index (χ3v) is 1.31. The van der Waals surface area contributed by atoms with Gasteiger partial charge in [-0.3, -0.25) is 4.79 Å². The summed E-state index contributed by atoms with van der Waals surface area (Å²) < 4.78 is 0. The van der Waals surface area contributed by atoms with Crippen molar-refractivity contribution in [3.05, 3.63) is 4.91 Å². The molecular weight excluding hydrogens is 174 g/mol. The van der Waals surface area contributed by atoms with Gasteiger partial charge in [0.1, 0.15) is 6.04 Å². The number of nitrogens with zero attached hydrogens (tertiary/aromatic N) is 1. The number of Topliss-reactive ketones (excluding diaryl/α,β-unsaturated/α-hetero) is 1. The summed E-state index contributed by atoms with van der Waals surface area (Å²) in [5.41, 5.74) is 0. The van der Waals surface area contributed by atoms with Crippen LogP contribution in [0.4, 0.5) is 0 Å². The highest BCUT2D eigenvalue weighted by molar-refractivity contribution is 9.09. The predicted molar refractivity (Wildman–Crippen MR) is 34.1 cm³/mol. The van der Waals surface area contributed by atoms with E-state index in [1.165, 1.54) is 6.92 Å². The molecule has 0 aromatic rings. The van der Waals surface area contributed by atoms with Crippen molar-refractivity contribution in [3.8, 4) is 0 Å². The molecule has 0 aliphatic heterocycles. The maximum Gasteiger partial charge on any atom is 0.171 e. The maximum absolute atomic E-state index is 10.4. The fourth-order valence-electron chi connectivity index (χ4n) is 0.170. The highest BCUT2D eigenvalue weighted by atomic mass is 79.9. The van der Waals surface area contributed by atoms with Crippen LogP contribution in [0.2, 0.25) is 0 Å². The van der Waals surface area contributed by atoms with E-state index in [0.29, 0.717) is 0 Å². The average Bonchev–Trinajstić information content (AvgIpc) is 1.84. The number of halogens is 1. The fraction of sp³-hybridized carbons (Fsp3) is 0.750. The van der Waals surface area contributed by atoms with Crippen molar-refractivity contribution in [1.29, 1.82) is 0 Å². The van der Waals surface area contributed by atoms with E-state index in [1.807, 2.05) is 0 Å². The Kier molecular flexibility index (Phi) is 3.60.